The third kappa shape index (κ3) is 2.94. The number of ether oxygens (including phenoxy) is 1. The Bertz CT molecular complexity index is 753. The van der Waals surface area contributed by atoms with Crippen LogP contribution >= 0.6 is 0 Å². The van der Waals surface area contributed by atoms with Crippen LogP contribution in [-0.4, -0.2) is 7.11 Å². The van der Waals surface area contributed by atoms with E-state index in [0.717, 1.165) is 22.4 Å². The summed E-state index contributed by atoms with van der Waals surface area (Å²) in [5.41, 5.74) is 5.70. The van der Waals surface area contributed by atoms with E-state index in [1.165, 1.54) is 11.1 Å². The van der Waals surface area contributed by atoms with E-state index in [1.807, 2.05) is 30.3 Å². The van der Waals surface area contributed by atoms with Crippen LogP contribution in [0.25, 0.3) is 16.7 Å². The Kier molecular flexibility index (Phi) is 4.06. The first kappa shape index (κ1) is 14.2. The summed E-state index contributed by atoms with van der Waals surface area (Å²) in [5.74, 6) is 0.873. The van der Waals surface area contributed by atoms with Crippen LogP contribution in [-0.2, 0) is 0 Å². The lowest BCUT2D eigenvalue weighted by Crippen LogP contribution is -1.87. The second kappa shape index (κ2) is 6.31. The van der Waals surface area contributed by atoms with Gasteiger partial charge in [-0.2, -0.15) is 0 Å². The first-order valence-electron chi connectivity index (χ1n) is 7.27. The first-order chi connectivity index (χ1) is 10.8. The Labute approximate surface area is 131 Å². The Morgan fingerprint density at radius 3 is 1.73 bits per heavy atom. The molecule has 22 heavy (non-hydrogen) atoms. The quantitative estimate of drug-likeness (QED) is 0.622. The van der Waals surface area contributed by atoms with E-state index in [1.54, 1.807) is 7.11 Å². The molecule has 0 heterocycles. The molecule has 3 aromatic rings. The second-order valence-electron chi connectivity index (χ2n) is 5.15. The molecule has 0 spiro atoms. The molecule has 0 amide bonds. The molecule has 1 nitrogen and oxygen atoms in total. The zero-order valence-electron chi connectivity index (χ0n) is 12.6. The normalized spacial score (nSPS) is 10.2. The third-order valence-corrected chi connectivity index (χ3v) is 3.78. The lowest BCUT2D eigenvalue weighted by molar-refractivity contribution is 0.415. The van der Waals surface area contributed by atoms with Crippen molar-refractivity contribution in [2.75, 3.05) is 7.11 Å². The summed E-state index contributed by atoms with van der Waals surface area (Å²) >= 11 is 0. The average molecular weight is 286 g/mol. The molecule has 0 unspecified atom stereocenters. The van der Waals surface area contributed by atoms with Crippen molar-refractivity contribution in [2.24, 2.45) is 0 Å². The molecule has 0 bridgehead atoms. The van der Waals surface area contributed by atoms with Gasteiger partial charge in [0, 0.05) is 0 Å². The molecule has 0 fully saturated rings. The number of hydrogen-bond donors (Lipinski definition) is 0. The highest BCUT2D eigenvalue weighted by molar-refractivity contribution is 5.79. The summed E-state index contributed by atoms with van der Waals surface area (Å²) in [5, 5.41) is 0. The molecule has 0 radical (unpaired) electrons. The lowest BCUT2D eigenvalue weighted by Gasteiger charge is -2.08. The number of methoxy groups -OCH3 is 1. The molecule has 0 atom stereocenters. The van der Waals surface area contributed by atoms with Gasteiger partial charge in [-0.05, 0) is 40.0 Å². The molecular formula is C21H18O. The summed E-state index contributed by atoms with van der Waals surface area (Å²) in [6, 6.07) is 26.8. The predicted molar refractivity (Wildman–Crippen MR) is 93.0 cm³/mol. The summed E-state index contributed by atoms with van der Waals surface area (Å²) in [6.45, 7) is 4.20. The van der Waals surface area contributed by atoms with Crippen LogP contribution in [0, 0.1) is 0 Å². The van der Waals surface area contributed by atoms with Gasteiger partial charge in [0.15, 0.2) is 0 Å². The molecule has 3 aromatic carbocycles. The number of benzene rings is 3. The van der Waals surface area contributed by atoms with Gasteiger partial charge in [-0.15, -0.1) is 0 Å². The van der Waals surface area contributed by atoms with Crippen molar-refractivity contribution in [3.05, 3.63) is 96.6 Å². The highest BCUT2D eigenvalue weighted by Gasteiger charge is 2.03. The minimum absolute atomic E-state index is 0.873. The van der Waals surface area contributed by atoms with Crippen LogP contribution in [0.4, 0.5) is 0 Å². The molecule has 3 rings (SSSR count). The van der Waals surface area contributed by atoms with Gasteiger partial charge >= 0.3 is 0 Å². The maximum Gasteiger partial charge on any atom is 0.118 e. The van der Waals surface area contributed by atoms with Gasteiger partial charge in [0.1, 0.15) is 5.75 Å². The largest absolute Gasteiger partial charge is 0.497 e. The standard InChI is InChI=1S/C21H18O/c1-16(17-6-4-3-5-7-17)18-8-10-19(11-9-18)20-12-14-21(22-2)15-13-20/h3-15H,1H2,2H3. The molecule has 0 aliphatic rings. The molecule has 0 aliphatic carbocycles. The highest BCUT2D eigenvalue weighted by atomic mass is 16.5. The lowest BCUT2D eigenvalue weighted by atomic mass is 9.97. The van der Waals surface area contributed by atoms with Crippen molar-refractivity contribution in [1.29, 1.82) is 0 Å². The van der Waals surface area contributed by atoms with Crippen molar-refractivity contribution < 1.29 is 4.74 Å². The predicted octanol–water partition coefficient (Wildman–Crippen LogP) is 5.42. The van der Waals surface area contributed by atoms with E-state index in [2.05, 4.69) is 55.1 Å². The molecule has 0 saturated carbocycles. The van der Waals surface area contributed by atoms with Gasteiger partial charge < -0.3 is 4.74 Å². The van der Waals surface area contributed by atoms with Gasteiger partial charge in [0.2, 0.25) is 0 Å². The zero-order valence-corrected chi connectivity index (χ0v) is 12.6. The smallest absolute Gasteiger partial charge is 0.118 e. The Morgan fingerprint density at radius 2 is 1.18 bits per heavy atom. The SMILES string of the molecule is C=C(c1ccccc1)c1ccc(-c2ccc(OC)cc2)cc1. The molecule has 0 aliphatic heterocycles. The summed E-state index contributed by atoms with van der Waals surface area (Å²) < 4.78 is 5.19. The first-order valence-corrected chi connectivity index (χ1v) is 7.27. The topological polar surface area (TPSA) is 9.23 Å². The summed E-state index contributed by atoms with van der Waals surface area (Å²) in [4.78, 5) is 0. The van der Waals surface area contributed by atoms with Crippen LogP contribution in [0.1, 0.15) is 11.1 Å². The van der Waals surface area contributed by atoms with Crippen molar-refractivity contribution in [3.8, 4) is 16.9 Å². The number of rotatable bonds is 4. The van der Waals surface area contributed by atoms with Gasteiger partial charge in [-0.3, -0.25) is 0 Å². The minimum Gasteiger partial charge on any atom is -0.497 e. The van der Waals surface area contributed by atoms with Crippen molar-refractivity contribution in [1.82, 2.24) is 0 Å². The maximum absolute atomic E-state index is 5.19. The Morgan fingerprint density at radius 1 is 0.682 bits per heavy atom. The van der Waals surface area contributed by atoms with E-state index in [4.69, 9.17) is 4.74 Å². The van der Waals surface area contributed by atoms with E-state index in [0.29, 0.717) is 0 Å². The van der Waals surface area contributed by atoms with E-state index in [9.17, 15) is 0 Å². The molecule has 0 N–H and O–H groups in total. The fourth-order valence-electron chi connectivity index (χ4n) is 2.45. The van der Waals surface area contributed by atoms with Crippen LogP contribution in [0.3, 0.4) is 0 Å². The zero-order chi connectivity index (χ0) is 15.4. The van der Waals surface area contributed by atoms with Crippen LogP contribution in [0.5, 0.6) is 5.75 Å². The fourth-order valence-corrected chi connectivity index (χ4v) is 2.45. The van der Waals surface area contributed by atoms with Crippen LogP contribution in [0.15, 0.2) is 85.4 Å². The average Bonchev–Trinajstić information content (AvgIpc) is 2.62. The minimum atomic E-state index is 0.873. The molecular weight excluding hydrogens is 268 g/mol. The van der Waals surface area contributed by atoms with Gasteiger partial charge in [0.25, 0.3) is 0 Å². The fraction of sp³-hybridized carbons (Fsp3) is 0.0476. The molecule has 0 aromatic heterocycles. The third-order valence-electron chi connectivity index (χ3n) is 3.78. The number of hydrogen-bond acceptors (Lipinski definition) is 1. The summed E-state index contributed by atoms with van der Waals surface area (Å²) in [7, 11) is 1.68. The molecule has 0 saturated heterocycles. The molecule has 108 valence electrons. The van der Waals surface area contributed by atoms with Crippen LogP contribution < -0.4 is 4.74 Å². The van der Waals surface area contributed by atoms with Crippen molar-refractivity contribution in [3.63, 3.8) is 0 Å². The molecule has 1 heteroatoms. The highest BCUT2D eigenvalue weighted by Crippen LogP contribution is 2.26. The van der Waals surface area contributed by atoms with Crippen LogP contribution in [0.2, 0.25) is 0 Å². The van der Waals surface area contributed by atoms with E-state index < -0.39 is 0 Å². The van der Waals surface area contributed by atoms with Gasteiger partial charge in [-0.1, -0.05) is 73.3 Å². The summed E-state index contributed by atoms with van der Waals surface area (Å²) in [6.07, 6.45) is 0. The monoisotopic (exact) mass is 286 g/mol. The van der Waals surface area contributed by atoms with Crippen molar-refractivity contribution >= 4 is 5.57 Å². The van der Waals surface area contributed by atoms with E-state index >= 15 is 0 Å². The maximum atomic E-state index is 5.19. The Balaban J connectivity index is 1.84. The van der Waals surface area contributed by atoms with E-state index in [-0.39, 0.29) is 0 Å². The Hall–Kier alpha value is -2.80. The van der Waals surface area contributed by atoms with Gasteiger partial charge in [-0.25, -0.2) is 0 Å². The second-order valence-corrected chi connectivity index (χ2v) is 5.15. The van der Waals surface area contributed by atoms with Gasteiger partial charge in [0.05, 0.1) is 7.11 Å². The van der Waals surface area contributed by atoms with Crippen molar-refractivity contribution in [2.45, 2.75) is 0 Å².